The predicted molar refractivity (Wildman–Crippen MR) is 97.7 cm³/mol. The third kappa shape index (κ3) is 3.31. The molecule has 2 aromatic rings. The maximum atomic E-state index is 12.5. The number of carbonyl (C=O) groups is 3. The van der Waals surface area contributed by atoms with Gasteiger partial charge in [-0.3, -0.25) is 14.4 Å². The summed E-state index contributed by atoms with van der Waals surface area (Å²) in [6, 6.07) is 13.5. The quantitative estimate of drug-likeness (QED) is 0.506. The molecule has 0 aliphatic carbocycles. The van der Waals surface area contributed by atoms with Crippen molar-refractivity contribution in [1.29, 1.82) is 0 Å². The average Bonchev–Trinajstić information content (AvgIpc) is 2.83. The molecule has 1 saturated heterocycles. The highest BCUT2D eigenvalue weighted by Gasteiger charge is 2.40. The number of benzene rings is 2. The summed E-state index contributed by atoms with van der Waals surface area (Å²) >= 11 is 9.82. The number of thioether (sulfide) groups is 1. The van der Waals surface area contributed by atoms with Gasteiger partial charge in [0.15, 0.2) is 0 Å². The molecule has 3 amide bonds. The second-order valence-electron chi connectivity index (χ2n) is 4.85. The number of halogens is 2. The van der Waals surface area contributed by atoms with Crippen LogP contribution in [-0.2, 0) is 4.79 Å². The van der Waals surface area contributed by atoms with Gasteiger partial charge in [-0.1, -0.05) is 35.9 Å². The van der Waals surface area contributed by atoms with Crippen LogP contribution in [-0.4, -0.2) is 22.0 Å². The maximum Gasteiger partial charge on any atom is 0.300 e. The molecule has 0 atom stereocenters. The van der Waals surface area contributed by atoms with Crippen molar-refractivity contribution in [3.63, 3.8) is 0 Å². The number of hydrogen-bond donors (Lipinski definition) is 0. The van der Waals surface area contributed by atoms with Crippen LogP contribution in [0.1, 0.15) is 15.9 Å². The summed E-state index contributed by atoms with van der Waals surface area (Å²) in [4.78, 5) is 38.0. The largest absolute Gasteiger partial charge is 0.300 e. The van der Waals surface area contributed by atoms with Gasteiger partial charge in [0.25, 0.3) is 11.8 Å². The predicted octanol–water partition coefficient (Wildman–Crippen LogP) is 4.98. The van der Waals surface area contributed by atoms with E-state index in [2.05, 4.69) is 15.9 Å². The first-order valence-electron chi connectivity index (χ1n) is 6.80. The van der Waals surface area contributed by atoms with Crippen molar-refractivity contribution < 1.29 is 14.4 Å². The van der Waals surface area contributed by atoms with Crippen LogP contribution in [0.4, 0.5) is 4.79 Å². The number of hydrogen-bond acceptors (Lipinski definition) is 4. The van der Waals surface area contributed by atoms with E-state index in [-0.39, 0.29) is 10.5 Å². The van der Waals surface area contributed by atoms with Gasteiger partial charge in [0.1, 0.15) is 0 Å². The number of amides is 3. The Morgan fingerprint density at radius 3 is 2.42 bits per heavy atom. The Morgan fingerprint density at radius 2 is 1.75 bits per heavy atom. The summed E-state index contributed by atoms with van der Waals surface area (Å²) in [6.45, 7) is 0. The van der Waals surface area contributed by atoms with Gasteiger partial charge in [-0.2, -0.15) is 0 Å². The summed E-state index contributed by atoms with van der Waals surface area (Å²) in [5.74, 6) is -1.27. The zero-order valence-corrected chi connectivity index (χ0v) is 15.2. The molecule has 1 aliphatic heterocycles. The molecule has 4 nitrogen and oxygen atoms in total. The fourth-order valence-corrected chi connectivity index (χ4v) is 3.51. The molecule has 2 aromatic carbocycles. The van der Waals surface area contributed by atoms with Gasteiger partial charge in [-0.15, -0.1) is 0 Å². The first-order chi connectivity index (χ1) is 11.5. The van der Waals surface area contributed by atoms with Crippen LogP contribution in [0.15, 0.2) is 57.9 Å². The van der Waals surface area contributed by atoms with E-state index in [1.165, 1.54) is 0 Å². The van der Waals surface area contributed by atoms with Crippen LogP contribution < -0.4 is 0 Å². The van der Waals surface area contributed by atoms with E-state index in [0.29, 0.717) is 14.4 Å². The number of imide groups is 3. The SMILES string of the molecule is O=C1SC(=Cc2ccc(Cl)cc2)C(=O)N1C(=O)c1ccccc1Br. The molecule has 120 valence electrons. The molecular formula is C17H9BrClNO3S. The maximum absolute atomic E-state index is 12.5. The minimum Gasteiger partial charge on any atom is -0.268 e. The van der Waals surface area contributed by atoms with Crippen LogP contribution in [0.5, 0.6) is 0 Å². The van der Waals surface area contributed by atoms with Crippen LogP contribution >= 0.6 is 39.3 Å². The van der Waals surface area contributed by atoms with Gasteiger partial charge in [-0.25, -0.2) is 4.90 Å². The standard InChI is InChI=1S/C17H9BrClNO3S/c18-13-4-2-1-3-12(13)15(21)20-16(22)14(24-17(20)23)9-10-5-7-11(19)8-6-10/h1-9H. The summed E-state index contributed by atoms with van der Waals surface area (Å²) in [7, 11) is 0. The van der Waals surface area contributed by atoms with Crippen molar-refractivity contribution in [2.75, 3.05) is 0 Å². The Hall–Kier alpha value is -1.89. The minimum atomic E-state index is -0.649. The van der Waals surface area contributed by atoms with Crippen molar-refractivity contribution in [3.8, 4) is 0 Å². The fourth-order valence-electron chi connectivity index (χ4n) is 2.11. The van der Waals surface area contributed by atoms with Crippen LogP contribution in [0.25, 0.3) is 6.08 Å². The van der Waals surface area contributed by atoms with Crippen molar-refractivity contribution in [3.05, 3.63) is 74.1 Å². The second-order valence-corrected chi connectivity index (χ2v) is 7.14. The molecule has 24 heavy (non-hydrogen) atoms. The van der Waals surface area contributed by atoms with E-state index in [1.807, 2.05) is 0 Å². The number of carbonyl (C=O) groups excluding carboxylic acids is 3. The van der Waals surface area contributed by atoms with Gasteiger partial charge in [0.05, 0.1) is 10.5 Å². The molecule has 7 heteroatoms. The molecule has 1 aliphatic rings. The van der Waals surface area contributed by atoms with Gasteiger partial charge in [0, 0.05) is 9.50 Å². The Kier molecular flexibility index (Phi) is 4.89. The topological polar surface area (TPSA) is 54.5 Å². The molecule has 1 heterocycles. The second kappa shape index (κ2) is 6.93. The van der Waals surface area contributed by atoms with Crippen LogP contribution in [0.2, 0.25) is 5.02 Å². The lowest BCUT2D eigenvalue weighted by Crippen LogP contribution is -2.35. The van der Waals surface area contributed by atoms with Gasteiger partial charge in [0.2, 0.25) is 0 Å². The van der Waals surface area contributed by atoms with Crippen molar-refractivity contribution >= 4 is 62.4 Å². The summed E-state index contributed by atoms with van der Waals surface area (Å²) in [5, 5.41) is -0.0367. The van der Waals surface area contributed by atoms with Crippen molar-refractivity contribution in [1.82, 2.24) is 4.90 Å². The van der Waals surface area contributed by atoms with E-state index in [1.54, 1.807) is 54.6 Å². The van der Waals surface area contributed by atoms with Gasteiger partial charge >= 0.3 is 5.24 Å². The highest BCUT2D eigenvalue weighted by atomic mass is 79.9. The highest BCUT2D eigenvalue weighted by Crippen LogP contribution is 2.34. The van der Waals surface area contributed by atoms with E-state index >= 15 is 0 Å². The molecule has 3 rings (SSSR count). The van der Waals surface area contributed by atoms with Crippen LogP contribution in [0, 0.1) is 0 Å². The zero-order chi connectivity index (χ0) is 17.3. The Balaban J connectivity index is 1.91. The average molecular weight is 423 g/mol. The lowest BCUT2D eigenvalue weighted by atomic mass is 10.2. The zero-order valence-electron chi connectivity index (χ0n) is 12.0. The van der Waals surface area contributed by atoms with E-state index in [9.17, 15) is 14.4 Å². The minimum absolute atomic E-state index is 0.197. The summed E-state index contributed by atoms with van der Waals surface area (Å²) in [6.07, 6.45) is 1.56. The van der Waals surface area contributed by atoms with Crippen molar-refractivity contribution in [2.24, 2.45) is 0 Å². The first kappa shape index (κ1) is 17.0. The number of rotatable bonds is 2. The molecule has 1 fully saturated rings. The van der Waals surface area contributed by atoms with Crippen LogP contribution in [0.3, 0.4) is 0 Å². The third-order valence-corrected chi connectivity index (χ3v) is 5.08. The molecule has 0 saturated carbocycles. The fraction of sp³-hybridized carbons (Fsp3) is 0. The molecular weight excluding hydrogens is 414 g/mol. The lowest BCUT2D eigenvalue weighted by molar-refractivity contribution is -0.120. The Labute approximate surface area is 155 Å². The summed E-state index contributed by atoms with van der Waals surface area (Å²) in [5.41, 5.74) is 0.978. The molecule has 0 radical (unpaired) electrons. The smallest absolute Gasteiger partial charge is 0.268 e. The Bertz CT molecular complexity index is 880. The number of nitrogens with zero attached hydrogens (tertiary/aromatic N) is 1. The molecule has 0 N–H and O–H groups in total. The van der Waals surface area contributed by atoms with E-state index in [0.717, 1.165) is 17.3 Å². The van der Waals surface area contributed by atoms with E-state index in [4.69, 9.17) is 11.6 Å². The Morgan fingerprint density at radius 1 is 1.08 bits per heavy atom. The van der Waals surface area contributed by atoms with Crippen molar-refractivity contribution in [2.45, 2.75) is 0 Å². The molecule has 0 aromatic heterocycles. The molecule has 0 spiro atoms. The molecule has 0 bridgehead atoms. The highest BCUT2D eigenvalue weighted by molar-refractivity contribution is 9.10. The third-order valence-electron chi connectivity index (χ3n) is 3.27. The normalized spacial score (nSPS) is 16.1. The molecule has 0 unspecified atom stereocenters. The van der Waals surface area contributed by atoms with Gasteiger partial charge < -0.3 is 0 Å². The first-order valence-corrected chi connectivity index (χ1v) is 8.78. The van der Waals surface area contributed by atoms with E-state index < -0.39 is 17.1 Å². The summed E-state index contributed by atoms with van der Waals surface area (Å²) < 4.78 is 0.524. The monoisotopic (exact) mass is 421 g/mol. The van der Waals surface area contributed by atoms with Gasteiger partial charge in [-0.05, 0) is 63.6 Å². The lowest BCUT2D eigenvalue weighted by Gasteiger charge is -2.11.